The van der Waals surface area contributed by atoms with Crippen molar-refractivity contribution in [1.82, 2.24) is 0 Å². The van der Waals surface area contributed by atoms with Gasteiger partial charge < -0.3 is 0 Å². The van der Waals surface area contributed by atoms with Crippen LogP contribution in [0.25, 0.3) is 88.3 Å². The fraction of sp³-hybridized carbons (Fsp3) is 0.120. The van der Waals surface area contributed by atoms with Gasteiger partial charge in [0.1, 0.15) is 0 Å². The second-order valence-electron chi connectivity index (χ2n) is 14.4. The molecule has 240 valence electrons. The Morgan fingerprint density at radius 2 is 0.800 bits per heavy atom. The summed E-state index contributed by atoms with van der Waals surface area (Å²) in [6.45, 7) is 9.34. The molecule has 9 rings (SSSR count). The van der Waals surface area contributed by atoms with E-state index in [-0.39, 0.29) is 0 Å². The molecule has 0 heterocycles. The van der Waals surface area contributed by atoms with E-state index in [4.69, 9.17) is 0 Å². The lowest BCUT2D eigenvalue weighted by Crippen LogP contribution is -1.97. The molecule has 8 aromatic rings. The van der Waals surface area contributed by atoms with Crippen molar-refractivity contribution < 1.29 is 0 Å². The van der Waals surface area contributed by atoms with E-state index in [0.717, 1.165) is 0 Å². The Morgan fingerprint density at radius 1 is 0.300 bits per heavy atom. The Morgan fingerprint density at radius 3 is 1.44 bits per heavy atom. The predicted molar refractivity (Wildman–Crippen MR) is 216 cm³/mol. The summed E-state index contributed by atoms with van der Waals surface area (Å²) >= 11 is 0. The van der Waals surface area contributed by atoms with Crippen molar-refractivity contribution >= 4 is 21.5 Å². The van der Waals surface area contributed by atoms with Crippen LogP contribution >= 0.6 is 0 Å². The van der Waals surface area contributed by atoms with Gasteiger partial charge in [0.15, 0.2) is 0 Å². The van der Waals surface area contributed by atoms with Crippen LogP contribution in [-0.4, -0.2) is 0 Å². The molecule has 50 heavy (non-hydrogen) atoms. The van der Waals surface area contributed by atoms with Crippen LogP contribution in [0.2, 0.25) is 0 Å². The van der Waals surface area contributed by atoms with Crippen LogP contribution in [-0.2, 0) is 0 Å². The predicted octanol–water partition coefficient (Wildman–Crippen LogP) is 14.6. The van der Waals surface area contributed by atoms with E-state index in [0.29, 0.717) is 11.8 Å². The van der Waals surface area contributed by atoms with Gasteiger partial charge in [0.2, 0.25) is 0 Å². The van der Waals surface area contributed by atoms with Gasteiger partial charge in [-0.3, -0.25) is 0 Å². The van der Waals surface area contributed by atoms with Gasteiger partial charge in [-0.05, 0) is 123 Å². The number of hydrogen-bond donors (Lipinski definition) is 0. The second-order valence-corrected chi connectivity index (χ2v) is 14.4. The highest BCUT2D eigenvalue weighted by Crippen LogP contribution is 2.58. The lowest BCUT2D eigenvalue weighted by atomic mass is 9.82. The zero-order valence-corrected chi connectivity index (χ0v) is 29.2. The molecule has 0 saturated carbocycles. The topological polar surface area (TPSA) is 0 Å². The van der Waals surface area contributed by atoms with Crippen LogP contribution in [0.15, 0.2) is 158 Å². The van der Waals surface area contributed by atoms with Gasteiger partial charge >= 0.3 is 0 Å². The minimum Gasteiger partial charge on any atom is -0.0622 e. The van der Waals surface area contributed by atoms with Gasteiger partial charge in [-0.15, -0.1) is 0 Å². The lowest BCUT2D eigenvalue weighted by molar-refractivity contribution is 0.854. The Hall–Kier alpha value is -5.72. The van der Waals surface area contributed by atoms with Gasteiger partial charge in [-0.2, -0.15) is 0 Å². The molecule has 0 atom stereocenters. The van der Waals surface area contributed by atoms with E-state index in [1.54, 1.807) is 0 Å². The summed E-state index contributed by atoms with van der Waals surface area (Å²) in [5.74, 6) is 0.860. The molecule has 8 aromatic carbocycles. The fourth-order valence-corrected chi connectivity index (χ4v) is 8.35. The van der Waals surface area contributed by atoms with Crippen LogP contribution in [0, 0.1) is 0 Å². The molecular formula is C50H40. The number of rotatable bonds is 6. The summed E-state index contributed by atoms with van der Waals surface area (Å²) < 4.78 is 0. The summed E-state index contributed by atoms with van der Waals surface area (Å²) in [6, 6.07) is 58.8. The first kappa shape index (κ1) is 30.3. The van der Waals surface area contributed by atoms with Crippen LogP contribution in [0.5, 0.6) is 0 Å². The largest absolute Gasteiger partial charge is 0.0622 e. The van der Waals surface area contributed by atoms with Gasteiger partial charge in [0.25, 0.3) is 0 Å². The highest BCUT2D eigenvalue weighted by Gasteiger charge is 2.32. The minimum absolute atomic E-state index is 0.430. The monoisotopic (exact) mass is 640 g/mol. The summed E-state index contributed by atoms with van der Waals surface area (Å²) in [5.41, 5.74) is 18.3. The molecule has 0 radical (unpaired) electrons. The molecule has 0 bridgehead atoms. The van der Waals surface area contributed by atoms with Crippen LogP contribution < -0.4 is 0 Å². The molecule has 0 heteroatoms. The number of benzene rings is 8. The quantitative estimate of drug-likeness (QED) is 0.170. The molecule has 1 aliphatic carbocycles. The molecule has 0 unspecified atom stereocenters. The van der Waals surface area contributed by atoms with Crippen molar-refractivity contribution in [3.05, 3.63) is 169 Å². The van der Waals surface area contributed by atoms with Crippen LogP contribution in [0.4, 0.5) is 0 Å². The molecule has 0 aliphatic heterocycles. The third-order valence-electron chi connectivity index (χ3n) is 10.8. The van der Waals surface area contributed by atoms with E-state index in [1.807, 2.05) is 0 Å². The van der Waals surface area contributed by atoms with E-state index in [9.17, 15) is 0 Å². The smallest absolute Gasteiger partial charge is 0.000763 e. The molecule has 0 nitrogen and oxygen atoms in total. The van der Waals surface area contributed by atoms with E-state index < -0.39 is 0 Å². The van der Waals surface area contributed by atoms with Crippen molar-refractivity contribution in [3.63, 3.8) is 0 Å². The van der Waals surface area contributed by atoms with E-state index in [1.165, 1.54) is 99.4 Å². The Bertz CT molecular complexity index is 2540. The summed E-state index contributed by atoms with van der Waals surface area (Å²) in [7, 11) is 0. The molecule has 0 fully saturated rings. The molecule has 0 N–H and O–H groups in total. The normalized spacial score (nSPS) is 12.0. The first-order chi connectivity index (χ1) is 24.5. The van der Waals surface area contributed by atoms with Gasteiger partial charge in [-0.25, -0.2) is 0 Å². The SMILES string of the molecule is CC(C)c1ccc2c3c(ccc(C(C)C)c13)-c1c(-c3ccccc3)c(-c3ccc(-c4ccc5ccccc5c4)cc3)cc(-c3ccccc3)c1-2. The summed E-state index contributed by atoms with van der Waals surface area (Å²) in [5, 5.41) is 5.39. The zero-order valence-electron chi connectivity index (χ0n) is 29.2. The van der Waals surface area contributed by atoms with Gasteiger partial charge in [0, 0.05) is 0 Å². The van der Waals surface area contributed by atoms with E-state index in [2.05, 4.69) is 185 Å². The maximum Gasteiger partial charge on any atom is -0.000763 e. The maximum atomic E-state index is 2.47. The highest BCUT2D eigenvalue weighted by atomic mass is 14.3. The fourth-order valence-electron chi connectivity index (χ4n) is 8.35. The molecular weight excluding hydrogens is 601 g/mol. The van der Waals surface area contributed by atoms with Crippen molar-refractivity contribution in [2.75, 3.05) is 0 Å². The number of fused-ring (bicyclic) bond motifs is 4. The van der Waals surface area contributed by atoms with Crippen molar-refractivity contribution in [2.24, 2.45) is 0 Å². The standard InChI is InChI=1S/C50H40/c1-31(2)40-25-27-42-48-43(28-26-41(32(3)4)47(40)48)50-46(37-16-9-6-10-17-37)44(30-45(49(42)50)35-14-7-5-8-15-35)36-22-19-34(20-23-36)39-24-21-33-13-11-12-18-38(33)29-39/h5-32H,1-4H3. The average Bonchev–Trinajstić information content (AvgIpc) is 3.50. The summed E-state index contributed by atoms with van der Waals surface area (Å²) in [4.78, 5) is 0. The third-order valence-corrected chi connectivity index (χ3v) is 10.8. The average molecular weight is 641 g/mol. The third kappa shape index (κ3) is 4.82. The molecule has 1 aliphatic rings. The molecule has 0 amide bonds. The maximum absolute atomic E-state index is 2.47. The Balaban J connectivity index is 1.35. The lowest BCUT2D eigenvalue weighted by Gasteiger charge is -2.21. The van der Waals surface area contributed by atoms with Crippen molar-refractivity contribution in [2.45, 2.75) is 39.5 Å². The second kappa shape index (κ2) is 12.0. The molecule has 0 saturated heterocycles. The zero-order chi connectivity index (χ0) is 33.9. The highest BCUT2D eigenvalue weighted by molar-refractivity contribution is 6.24. The molecule has 0 aromatic heterocycles. The minimum atomic E-state index is 0.430. The van der Waals surface area contributed by atoms with E-state index >= 15 is 0 Å². The molecule has 0 spiro atoms. The first-order valence-electron chi connectivity index (χ1n) is 18.0. The van der Waals surface area contributed by atoms with Crippen molar-refractivity contribution in [1.29, 1.82) is 0 Å². The van der Waals surface area contributed by atoms with Crippen molar-refractivity contribution in [3.8, 4) is 66.8 Å². The van der Waals surface area contributed by atoms with Crippen LogP contribution in [0.1, 0.15) is 50.7 Å². The Labute approximate surface area is 295 Å². The van der Waals surface area contributed by atoms with Crippen LogP contribution in [0.3, 0.4) is 0 Å². The first-order valence-corrected chi connectivity index (χ1v) is 18.0. The summed E-state index contributed by atoms with van der Waals surface area (Å²) in [6.07, 6.45) is 0. The number of hydrogen-bond acceptors (Lipinski definition) is 0. The van der Waals surface area contributed by atoms with Gasteiger partial charge in [-0.1, -0.05) is 173 Å². The van der Waals surface area contributed by atoms with Gasteiger partial charge in [0.05, 0.1) is 0 Å². The Kier molecular flexibility index (Phi) is 7.29.